The van der Waals surface area contributed by atoms with E-state index in [1.165, 1.54) is 7.11 Å². The van der Waals surface area contributed by atoms with Gasteiger partial charge in [-0.3, -0.25) is 4.79 Å². The van der Waals surface area contributed by atoms with Gasteiger partial charge in [-0.2, -0.15) is 0 Å². The standard InChI is InChI=1S/C9H18N2O2/c1-11-5-3-4-7(10)8(11)6-9(12)13-2/h7-8H,3-6,10H2,1-2H3. The number of nitrogens with zero attached hydrogens (tertiary/aromatic N) is 1. The van der Waals surface area contributed by atoms with Crippen LogP contribution in [-0.4, -0.2) is 43.7 Å². The Balaban J connectivity index is 2.48. The summed E-state index contributed by atoms with van der Waals surface area (Å²) in [6, 6.07) is 0.263. The number of ether oxygens (including phenoxy) is 1. The third-order valence-corrected chi connectivity index (χ3v) is 2.71. The van der Waals surface area contributed by atoms with Crippen LogP contribution in [0.25, 0.3) is 0 Å². The molecule has 0 radical (unpaired) electrons. The van der Waals surface area contributed by atoms with Gasteiger partial charge >= 0.3 is 5.97 Å². The minimum Gasteiger partial charge on any atom is -0.469 e. The molecule has 0 amide bonds. The van der Waals surface area contributed by atoms with E-state index in [9.17, 15) is 4.79 Å². The first-order valence-corrected chi connectivity index (χ1v) is 4.67. The summed E-state index contributed by atoms with van der Waals surface area (Å²) < 4.78 is 4.63. The summed E-state index contributed by atoms with van der Waals surface area (Å²) in [5.74, 6) is -0.172. The minimum atomic E-state index is -0.172. The smallest absolute Gasteiger partial charge is 0.307 e. The predicted octanol–water partition coefficient (Wildman–Crippen LogP) is -0.0290. The lowest BCUT2D eigenvalue weighted by molar-refractivity contribution is -0.142. The zero-order valence-corrected chi connectivity index (χ0v) is 8.32. The van der Waals surface area contributed by atoms with Crippen LogP contribution in [-0.2, 0) is 9.53 Å². The van der Waals surface area contributed by atoms with Gasteiger partial charge in [-0.15, -0.1) is 0 Å². The molecular formula is C9H18N2O2. The van der Waals surface area contributed by atoms with Crippen LogP contribution in [0.15, 0.2) is 0 Å². The number of piperidine rings is 1. The molecule has 4 nitrogen and oxygen atoms in total. The van der Waals surface area contributed by atoms with Gasteiger partial charge in [0.1, 0.15) is 0 Å². The molecule has 1 heterocycles. The summed E-state index contributed by atoms with van der Waals surface area (Å²) in [4.78, 5) is 13.2. The molecule has 2 atom stereocenters. The number of rotatable bonds is 2. The molecule has 0 aliphatic carbocycles. The molecule has 0 aromatic carbocycles. The van der Waals surface area contributed by atoms with Crippen molar-refractivity contribution in [2.75, 3.05) is 20.7 Å². The van der Waals surface area contributed by atoms with E-state index in [1.54, 1.807) is 0 Å². The Morgan fingerprint density at radius 1 is 1.69 bits per heavy atom. The van der Waals surface area contributed by atoms with Crippen molar-refractivity contribution in [2.24, 2.45) is 5.73 Å². The highest BCUT2D eigenvalue weighted by molar-refractivity contribution is 5.70. The van der Waals surface area contributed by atoms with Crippen LogP contribution in [0.2, 0.25) is 0 Å². The van der Waals surface area contributed by atoms with Gasteiger partial charge < -0.3 is 15.4 Å². The molecule has 13 heavy (non-hydrogen) atoms. The lowest BCUT2D eigenvalue weighted by atomic mass is 9.95. The van der Waals surface area contributed by atoms with Crippen molar-refractivity contribution in [1.29, 1.82) is 0 Å². The fraction of sp³-hybridized carbons (Fsp3) is 0.889. The summed E-state index contributed by atoms with van der Waals surface area (Å²) in [5, 5.41) is 0. The van der Waals surface area contributed by atoms with Crippen molar-refractivity contribution in [3.63, 3.8) is 0 Å². The second-order valence-corrected chi connectivity index (χ2v) is 3.63. The van der Waals surface area contributed by atoms with E-state index in [4.69, 9.17) is 5.73 Å². The van der Waals surface area contributed by atoms with Gasteiger partial charge in [0.25, 0.3) is 0 Å². The van der Waals surface area contributed by atoms with Crippen molar-refractivity contribution < 1.29 is 9.53 Å². The molecule has 1 saturated heterocycles. The number of hydrogen-bond acceptors (Lipinski definition) is 4. The van der Waals surface area contributed by atoms with Crippen molar-refractivity contribution in [2.45, 2.75) is 31.3 Å². The van der Waals surface area contributed by atoms with Crippen molar-refractivity contribution in [3.8, 4) is 0 Å². The number of hydrogen-bond donors (Lipinski definition) is 1. The number of likely N-dealkylation sites (tertiary alicyclic amines) is 1. The lowest BCUT2D eigenvalue weighted by Crippen LogP contribution is -2.51. The maximum atomic E-state index is 11.1. The van der Waals surface area contributed by atoms with E-state index < -0.39 is 0 Å². The third kappa shape index (κ3) is 2.67. The summed E-state index contributed by atoms with van der Waals surface area (Å²) in [6.07, 6.45) is 2.54. The summed E-state index contributed by atoms with van der Waals surface area (Å²) in [7, 11) is 3.42. The number of carbonyl (C=O) groups is 1. The third-order valence-electron chi connectivity index (χ3n) is 2.71. The second-order valence-electron chi connectivity index (χ2n) is 3.63. The maximum Gasteiger partial charge on any atom is 0.307 e. The van der Waals surface area contributed by atoms with Gasteiger partial charge in [0.15, 0.2) is 0 Å². The molecule has 0 aromatic heterocycles. The quantitative estimate of drug-likeness (QED) is 0.615. The highest BCUT2D eigenvalue weighted by Gasteiger charge is 2.28. The van der Waals surface area contributed by atoms with Gasteiger partial charge in [0.2, 0.25) is 0 Å². The molecule has 4 heteroatoms. The van der Waals surface area contributed by atoms with Crippen LogP contribution >= 0.6 is 0 Å². The predicted molar refractivity (Wildman–Crippen MR) is 50.3 cm³/mol. The number of carbonyl (C=O) groups excluding carboxylic acids is 1. The van der Waals surface area contributed by atoms with E-state index in [0.717, 1.165) is 19.4 Å². The van der Waals surface area contributed by atoms with Crippen LogP contribution in [0, 0.1) is 0 Å². The number of nitrogens with two attached hydrogens (primary N) is 1. The van der Waals surface area contributed by atoms with E-state index in [-0.39, 0.29) is 18.1 Å². The zero-order valence-electron chi connectivity index (χ0n) is 8.32. The average Bonchev–Trinajstić information content (AvgIpc) is 2.11. The van der Waals surface area contributed by atoms with Crippen molar-refractivity contribution in [1.82, 2.24) is 4.90 Å². The van der Waals surface area contributed by atoms with E-state index in [2.05, 4.69) is 9.64 Å². The van der Waals surface area contributed by atoms with Crippen molar-refractivity contribution in [3.05, 3.63) is 0 Å². The van der Waals surface area contributed by atoms with Gasteiger partial charge in [0.05, 0.1) is 13.5 Å². The molecular weight excluding hydrogens is 168 g/mol. The average molecular weight is 186 g/mol. The normalized spacial score (nSPS) is 30.1. The monoisotopic (exact) mass is 186 g/mol. The molecule has 1 aliphatic heterocycles. The first-order valence-electron chi connectivity index (χ1n) is 4.67. The van der Waals surface area contributed by atoms with Crippen LogP contribution < -0.4 is 5.73 Å². The molecule has 1 rings (SSSR count). The molecule has 0 bridgehead atoms. The fourth-order valence-electron chi connectivity index (χ4n) is 1.82. The fourth-order valence-corrected chi connectivity index (χ4v) is 1.82. The molecule has 76 valence electrons. The topological polar surface area (TPSA) is 55.6 Å². The molecule has 2 unspecified atom stereocenters. The highest BCUT2D eigenvalue weighted by atomic mass is 16.5. The number of likely N-dealkylation sites (N-methyl/N-ethyl adjacent to an activating group) is 1. The van der Waals surface area contributed by atoms with Gasteiger partial charge in [-0.25, -0.2) is 0 Å². The van der Waals surface area contributed by atoms with E-state index in [1.807, 2.05) is 7.05 Å². The summed E-state index contributed by atoms with van der Waals surface area (Å²) in [5.41, 5.74) is 5.92. The second kappa shape index (κ2) is 4.58. The Morgan fingerprint density at radius 2 is 2.38 bits per heavy atom. The largest absolute Gasteiger partial charge is 0.469 e. The molecule has 0 saturated carbocycles. The van der Waals surface area contributed by atoms with Crippen LogP contribution in [0.5, 0.6) is 0 Å². The molecule has 1 aliphatic rings. The minimum absolute atomic E-state index is 0.109. The van der Waals surface area contributed by atoms with Gasteiger partial charge in [-0.1, -0.05) is 0 Å². The van der Waals surface area contributed by atoms with Crippen LogP contribution in [0.4, 0.5) is 0 Å². The van der Waals surface area contributed by atoms with Crippen LogP contribution in [0.1, 0.15) is 19.3 Å². The molecule has 0 spiro atoms. The Kier molecular flexibility index (Phi) is 3.69. The summed E-state index contributed by atoms with van der Waals surface area (Å²) >= 11 is 0. The van der Waals surface area contributed by atoms with E-state index >= 15 is 0 Å². The van der Waals surface area contributed by atoms with Crippen LogP contribution in [0.3, 0.4) is 0 Å². The SMILES string of the molecule is COC(=O)CC1C(N)CCCN1C. The molecule has 1 fully saturated rings. The first-order chi connectivity index (χ1) is 6.15. The number of esters is 1. The first kappa shape index (κ1) is 10.5. The molecule has 0 aromatic rings. The Labute approximate surface area is 79.0 Å². The Morgan fingerprint density at radius 3 is 2.92 bits per heavy atom. The zero-order chi connectivity index (χ0) is 9.84. The molecule has 2 N–H and O–H groups in total. The highest BCUT2D eigenvalue weighted by Crippen LogP contribution is 2.17. The van der Waals surface area contributed by atoms with Gasteiger partial charge in [-0.05, 0) is 26.4 Å². The van der Waals surface area contributed by atoms with Crippen molar-refractivity contribution >= 4 is 5.97 Å². The summed E-state index contributed by atoms with van der Waals surface area (Å²) in [6.45, 7) is 1.02. The van der Waals surface area contributed by atoms with E-state index in [0.29, 0.717) is 6.42 Å². The lowest BCUT2D eigenvalue weighted by Gasteiger charge is -2.36. The van der Waals surface area contributed by atoms with Gasteiger partial charge in [0, 0.05) is 12.1 Å². The number of methoxy groups -OCH3 is 1. The Hall–Kier alpha value is -0.610. The Bertz CT molecular complexity index is 174. The maximum absolute atomic E-state index is 11.1.